The summed E-state index contributed by atoms with van der Waals surface area (Å²) >= 11 is 0. The van der Waals surface area contributed by atoms with Gasteiger partial charge in [0, 0.05) is 6.42 Å². The number of carbonyl (C=O) groups excluding carboxylic acids is 1. The highest BCUT2D eigenvalue weighted by atomic mass is 31.2. The van der Waals surface area contributed by atoms with Gasteiger partial charge in [0.1, 0.15) is 13.2 Å². The van der Waals surface area contributed by atoms with Gasteiger partial charge in [-0.3, -0.25) is 9.36 Å². The molecular formula is C36H73N2O6P. The van der Waals surface area contributed by atoms with Gasteiger partial charge in [0.2, 0.25) is 5.91 Å². The molecule has 0 heterocycles. The zero-order valence-corrected chi connectivity index (χ0v) is 31.0. The molecule has 0 aromatic carbocycles. The van der Waals surface area contributed by atoms with Crippen LogP contribution in [-0.2, 0) is 18.4 Å². The Balaban J connectivity index is 4.40. The zero-order valence-electron chi connectivity index (χ0n) is 30.1. The van der Waals surface area contributed by atoms with E-state index < -0.39 is 20.0 Å². The molecule has 0 bridgehead atoms. The van der Waals surface area contributed by atoms with Crippen molar-refractivity contribution >= 4 is 13.7 Å². The molecule has 0 aromatic heterocycles. The van der Waals surface area contributed by atoms with Crippen molar-refractivity contribution in [2.45, 2.75) is 174 Å². The second-order valence-corrected chi connectivity index (χ2v) is 15.3. The Morgan fingerprint density at radius 1 is 0.756 bits per heavy atom. The van der Waals surface area contributed by atoms with Crippen molar-refractivity contribution in [3.05, 3.63) is 12.2 Å². The van der Waals surface area contributed by atoms with Crippen molar-refractivity contribution in [2.24, 2.45) is 0 Å². The van der Waals surface area contributed by atoms with Gasteiger partial charge in [0.15, 0.2) is 0 Å². The minimum absolute atomic E-state index is 0.00104. The molecule has 8 nitrogen and oxygen atoms in total. The molecule has 0 fully saturated rings. The predicted molar refractivity (Wildman–Crippen MR) is 187 cm³/mol. The van der Waals surface area contributed by atoms with Gasteiger partial charge in [-0.15, -0.1) is 0 Å². The minimum atomic E-state index is -4.56. The van der Waals surface area contributed by atoms with E-state index in [0.717, 1.165) is 38.5 Å². The molecule has 0 rings (SSSR count). The van der Waals surface area contributed by atoms with E-state index in [4.69, 9.17) is 9.05 Å². The highest BCUT2D eigenvalue weighted by Crippen LogP contribution is 2.38. The van der Waals surface area contributed by atoms with Crippen LogP contribution in [0.4, 0.5) is 0 Å². The van der Waals surface area contributed by atoms with Crippen molar-refractivity contribution in [3.8, 4) is 0 Å². The zero-order chi connectivity index (χ0) is 33.7. The number of nitrogens with zero attached hydrogens (tertiary/aromatic N) is 1. The third-order valence-electron chi connectivity index (χ3n) is 8.25. The Bertz CT molecular complexity index is 758. The highest BCUT2D eigenvalue weighted by Gasteiger charge is 2.23. The summed E-state index contributed by atoms with van der Waals surface area (Å²) < 4.78 is 23.0. The lowest BCUT2D eigenvalue weighted by Gasteiger charge is -2.29. The van der Waals surface area contributed by atoms with Crippen LogP contribution in [0.5, 0.6) is 0 Å². The van der Waals surface area contributed by atoms with Gasteiger partial charge >= 0.3 is 0 Å². The van der Waals surface area contributed by atoms with Gasteiger partial charge < -0.3 is 28.8 Å². The lowest BCUT2D eigenvalue weighted by atomic mass is 10.0. The Hall–Kier alpha value is -0.760. The summed E-state index contributed by atoms with van der Waals surface area (Å²) in [6.07, 6.45) is 29.9. The molecule has 0 aliphatic heterocycles. The fourth-order valence-corrected chi connectivity index (χ4v) is 5.93. The number of phosphoric acid groups is 1. The van der Waals surface area contributed by atoms with Crippen molar-refractivity contribution in [1.29, 1.82) is 0 Å². The SMILES string of the molecule is CCCCCCCCCCCCCCCCC/C=C/C(O)C(COP(=O)([O-])OCC[N+](C)(C)C)NC(=O)CCCCCCCC. The summed E-state index contributed by atoms with van der Waals surface area (Å²) in [6, 6.07) is -0.876. The number of amides is 1. The molecule has 3 atom stereocenters. The van der Waals surface area contributed by atoms with E-state index in [0.29, 0.717) is 17.4 Å². The number of aliphatic hydroxyl groups excluding tert-OH is 1. The van der Waals surface area contributed by atoms with Crippen LogP contribution in [0.25, 0.3) is 0 Å². The number of likely N-dealkylation sites (N-methyl/N-ethyl adjacent to an activating group) is 1. The van der Waals surface area contributed by atoms with E-state index in [2.05, 4.69) is 19.2 Å². The van der Waals surface area contributed by atoms with E-state index in [-0.39, 0.29) is 19.1 Å². The monoisotopic (exact) mass is 661 g/mol. The van der Waals surface area contributed by atoms with E-state index in [1.54, 1.807) is 6.08 Å². The van der Waals surface area contributed by atoms with Crippen LogP contribution in [0, 0.1) is 0 Å². The van der Waals surface area contributed by atoms with Crippen LogP contribution >= 0.6 is 7.82 Å². The number of allylic oxidation sites excluding steroid dienone is 1. The number of unbranched alkanes of at least 4 members (excludes halogenated alkanes) is 20. The molecule has 0 saturated carbocycles. The number of rotatable bonds is 33. The average Bonchev–Trinajstić information content (AvgIpc) is 2.97. The first-order valence-electron chi connectivity index (χ1n) is 18.6. The minimum Gasteiger partial charge on any atom is -0.756 e. The molecule has 9 heteroatoms. The Kier molecular flexibility index (Phi) is 28.9. The molecule has 1 amide bonds. The lowest BCUT2D eigenvalue weighted by molar-refractivity contribution is -0.870. The van der Waals surface area contributed by atoms with Gasteiger partial charge in [0.05, 0.1) is 39.9 Å². The highest BCUT2D eigenvalue weighted by molar-refractivity contribution is 7.45. The number of nitrogens with one attached hydrogen (secondary N) is 1. The van der Waals surface area contributed by atoms with Crippen LogP contribution < -0.4 is 10.2 Å². The van der Waals surface area contributed by atoms with E-state index in [1.165, 1.54) is 103 Å². The van der Waals surface area contributed by atoms with Crippen molar-refractivity contribution in [1.82, 2.24) is 5.32 Å². The fraction of sp³-hybridized carbons (Fsp3) is 0.917. The van der Waals surface area contributed by atoms with Gasteiger partial charge in [-0.1, -0.05) is 148 Å². The smallest absolute Gasteiger partial charge is 0.268 e. The maximum Gasteiger partial charge on any atom is 0.268 e. The predicted octanol–water partition coefficient (Wildman–Crippen LogP) is 8.61. The second-order valence-electron chi connectivity index (χ2n) is 13.9. The molecular weight excluding hydrogens is 587 g/mol. The molecule has 3 unspecified atom stereocenters. The second kappa shape index (κ2) is 29.4. The average molecular weight is 661 g/mol. The number of quaternary nitrogens is 1. The third-order valence-corrected chi connectivity index (χ3v) is 9.21. The first kappa shape index (κ1) is 44.2. The molecule has 268 valence electrons. The number of phosphoric ester groups is 1. The molecule has 0 aliphatic rings. The van der Waals surface area contributed by atoms with Gasteiger partial charge in [-0.2, -0.15) is 0 Å². The Labute approximate surface area is 278 Å². The normalized spacial score (nSPS) is 14.9. The first-order valence-corrected chi connectivity index (χ1v) is 20.0. The lowest BCUT2D eigenvalue weighted by Crippen LogP contribution is -2.45. The van der Waals surface area contributed by atoms with Crippen LogP contribution in [0.1, 0.15) is 162 Å². The molecule has 2 N–H and O–H groups in total. The Morgan fingerprint density at radius 3 is 1.67 bits per heavy atom. The van der Waals surface area contributed by atoms with Crippen molar-refractivity contribution in [2.75, 3.05) is 40.9 Å². The van der Waals surface area contributed by atoms with Crippen molar-refractivity contribution < 1.29 is 32.9 Å². The molecule has 0 aromatic rings. The number of hydrogen-bond donors (Lipinski definition) is 2. The summed E-state index contributed by atoms with van der Waals surface area (Å²) in [5.74, 6) is -0.208. The summed E-state index contributed by atoms with van der Waals surface area (Å²) in [5.41, 5.74) is 0. The number of carbonyl (C=O) groups is 1. The summed E-state index contributed by atoms with van der Waals surface area (Å²) in [5, 5.41) is 13.6. The van der Waals surface area contributed by atoms with Crippen LogP contribution in [0.2, 0.25) is 0 Å². The van der Waals surface area contributed by atoms with Crippen LogP contribution in [0.15, 0.2) is 12.2 Å². The van der Waals surface area contributed by atoms with E-state index in [9.17, 15) is 19.4 Å². The number of aliphatic hydroxyl groups is 1. The molecule has 0 spiro atoms. The molecule has 45 heavy (non-hydrogen) atoms. The topological polar surface area (TPSA) is 108 Å². The van der Waals surface area contributed by atoms with Crippen LogP contribution in [-0.4, -0.2) is 68.5 Å². The first-order chi connectivity index (χ1) is 21.5. The summed E-state index contributed by atoms with van der Waals surface area (Å²) in [6.45, 7) is 4.56. The maximum atomic E-state index is 12.6. The standard InChI is InChI=1S/C36H73N2O6P/c1-6-8-10-12-14-15-16-17-18-19-20-21-22-23-24-25-27-29-35(39)34(37-36(40)30-28-26-13-11-9-7-2)33-44-45(41,42)43-32-31-38(3,4)5/h27,29,34-35,39H,6-26,28,30-33H2,1-5H3,(H-,37,40,41,42)/b29-27+. The quantitative estimate of drug-likeness (QED) is 0.0316. The summed E-state index contributed by atoms with van der Waals surface area (Å²) in [7, 11) is 1.26. The molecule has 0 aliphatic carbocycles. The van der Waals surface area contributed by atoms with E-state index >= 15 is 0 Å². The van der Waals surface area contributed by atoms with Crippen molar-refractivity contribution in [3.63, 3.8) is 0 Å². The largest absolute Gasteiger partial charge is 0.756 e. The van der Waals surface area contributed by atoms with E-state index in [1.807, 2.05) is 27.2 Å². The summed E-state index contributed by atoms with van der Waals surface area (Å²) in [4.78, 5) is 24.9. The van der Waals surface area contributed by atoms with Gasteiger partial charge in [-0.25, -0.2) is 0 Å². The van der Waals surface area contributed by atoms with Gasteiger partial charge in [0.25, 0.3) is 7.82 Å². The maximum absolute atomic E-state index is 12.6. The molecule has 0 saturated heterocycles. The van der Waals surface area contributed by atoms with Gasteiger partial charge in [-0.05, 0) is 19.3 Å². The third kappa shape index (κ3) is 31.6. The molecule has 0 radical (unpaired) electrons. The Morgan fingerprint density at radius 2 is 1.20 bits per heavy atom. The van der Waals surface area contributed by atoms with Crippen LogP contribution in [0.3, 0.4) is 0 Å². The number of hydrogen-bond acceptors (Lipinski definition) is 6. The fourth-order valence-electron chi connectivity index (χ4n) is 5.21.